The fraction of sp³-hybridized carbons (Fsp3) is 0.250. The number of carbonyl (C=O) groups is 1. The van der Waals surface area contributed by atoms with Crippen LogP contribution in [0.5, 0.6) is 0 Å². The molecular weight excluding hydrogens is 404 g/mol. The van der Waals surface area contributed by atoms with Gasteiger partial charge >= 0.3 is 11.7 Å². The molecule has 32 heavy (non-hydrogen) atoms. The monoisotopic (exact) mass is 428 g/mol. The highest BCUT2D eigenvalue weighted by Gasteiger charge is 2.27. The first-order valence-electron chi connectivity index (χ1n) is 10.6. The molecular formula is C24H24N6O2. The van der Waals surface area contributed by atoms with E-state index in [1.807, 2.05) is 42.5 Å². The van der Waals surface area contributed by atoms with Crippen LogP contribution in [0.2, 0.25) is 0 Å². The highest BCUT2D eigenvalue weighted by molar-refractivity contribution is 5.88. The number of aryl methyl sites for hydroxylation is 2. The summed E-state index contributed by atoms with van der Waals surface area (Å²) in [5.41, 5.74) is 3.70. The maximum Gasteiger partial charge on any atom is 0.338 e. The van der Waals surface area contributed by atoms with E-state index in [2.05, 4.69) is 33.9 Å². The predicted octanol–water partition coefficient (Wildman–Crippen LogP) is 2.90. The SMILES string of the molecule is Cc1ccccc1N1CCN(C(=O)n2c(=O)n(C)c3nc(-c4ccccc4)ncc32)CC1. The van der Waals surface area contributed by atoms with E-state index in [9.17, 15) is 9.59 Å². The van der Waals surface area contributed by atoms with Gasteiger partial charge in [0.15, 0.2) is 11.5 Å². The third-order valence-corrected chi connectivity index (χ3v) is 6.02. The van der Waals surface area contributed by atoms with E-state index in [0.717, 1.165) is 5.56 Å². The van der Waals surface area contributed by atoms with Crippen molar-refractivity contribution in [2.24, 2.45) is 7.05 Å². The molecule has 0 atom stereocenters. The molecule has 8 nitrogen and oxygen atoms in total. The second kappa shape index (κ2) is 7.96. The van der Waals surface area contributed by atoms with Crippen molar-refractivity contribution in [3.63, 3.8) is 0 Å². The summed E-state index contributed by atoms with van der Waals surface area (Å²) in [7, 11) is 1.63. The Morgan fingerprint density at radius 2 is 1.62 bits per heavy atom. The number of amides is 1. The zero-order valence-electron chi connectivity index (χ0n) is 18.1. The Hall–Kier alpha value is -3.94. The third-order valence-electron chi connectivity index (χ3n) is 6.02. The first-order chi connectivity index (χ1) is 15.5. The molecule has 1 aliphatic rings. The lowest BCUT2D eigenvalue weighted by molar-refractivity contribution is 0.196. The van der Waals surface area contributed by atoms with Crippen LogP contribution in [0.25, 0.3) is 22.6 Å². The van der Waals surface area contributed by atoms with Crippen molar-refractivity contribution in [3.05, 3.63) is 76.8 Å². The number of anilines is 1. The summed E-state index contributed by atoms with van der Waals surface area (Å²) in [6, 6.07) is 17.5. The first-order valence-corrected chi connectivity index (χ1v) is 10.6. The third kappa shape index (κ3) is 3.33. The van der Waals surface area contributed by atoms with E-state index in [1.165, 1.54) is 20.4 Å². The average Bonchev–Trinajstić information content (AvgIpc) is 3.09. The summed E-state index contributed by atoms with van der Waals surface area (Å²) in [5, 5.41) is 0. The van der Waals surface area contributed by atoms with Gasteiger partial charge in [-0.25, -0.2) is 24.1 Å². The summed E-state index contributed by atoms with van der Waals surface area (Å²) >= 11 is 0. The van der Waals surface area contributed by atoms with E-state index < -0.39 is 5.69 Å². The lowest BCUT2D eigenvalue weighted by Crippen LogP contribution is -2.51. The van der Waals surface area contributed by atoms with Gasteiger partial charge in [0.2, 0.25) is 0 Å². The molecule has 1 aliphatic heterocycles. The molecule has 162 valence electrons. The Kier molecular flexibility index (Phi) is 4.97. The number of aromatic nitrogens is 4. The molecule has 0 saturated carbocycles. The lowest BCUT2D eigenvalue weighted by Gasteiger charge is -2.36. The largest absolute Gasteiger partial charge is 0.368 e. The molecule has 1 fully saturated rings. The number of rotatable bonds is 2. The van der Waals surface area contributed by atoms with Gasteiger partial charge in [-0.05, 0) is 18.6 Å². The van der Waals surface area contributed by atoms with Gasteiger partial charge in [-0.1, -0.05) is 48.5 Å². The van der Waals surface area contributed by atoms with E-state index in [4.69, 9.17) is 0 Å². The quantitative estimate of drug-likeness (QED) is 0.491. The highest BCUT2D eigenvalue weighted by Crippen LogP contribution is 2.22. The molecule has 2 aromatic carbocycles. The average molecular weight is 428 g/mol. The maximum atomic E-state index is 13.3. The number of imidazole rings is 1. The number of hydrogen-bond acceptors (Lipinski definition) is 5. The zero-order chi connectivity index (χ0) is 22.2. The van der Waals surface area contributed by atoms with Crippen LogP contribution in [-0.4, -0.2) is 56.2 Å². The summed E-state index contributed by atoms with van der Waals surface area (Å²) < 4.78 is 2.60. The van der Waals surface area contributed by atoms with E-state index >= 15 is 0 Å². The lowest BCUT2D eigenvalue weighted by atomic mass is 10.1. The molecule has 0 spiro atoms. The van der Waals surface area contributed by atoms with Crippen LogP contribution in [0.15, 0.2) is 65.6 Å². The molecule has 0 radical (unpaired) electrons. The Morgan fingerprint density at radius 1 is 0.938 bits per heavy atom. The highest BCUT2D eigenvalue weighted by atomic mass is 16.2. The number of carbonyl (C=O) groups excluding carboxylic acids is 1. The number of benzene rings is 2. The van der Waals surface area contributed by atoms with Crippen molar-refractivity contribution in [1.29, 1.82) is 0 Å². The molecule has 1 saturated heterocycles. The molecule has 0 unspecified atom stereocenters. The standard InChI is InChI=1S/C24H24N6O2/c1-17-8-6-7-11-19(17)28-12-14-29(15-13-28)24(32)30-20-16-25-21(18-9-4-3-5-10-18)26-22(20)27(2)23(30)31/h3-11,16H,12-15H2,1-2H3. The molecule has 4 aromatic rings. The number of para-hydroxylation sites is 1. The van der Waals surface area contributed by atoms with Gasteiger partial charge < -0.3 is 9.80 Å². The number of nitrogens with zero attached hydrogens (tertiary/aromatic N) is 6. The Morgan fingerprint density at radius 3 is 2.34 bits per heavy atom. The van der Waals surface area contributed by atoms with Crippen LogP contribution in [0.3, 0.4) is 0 Å². The second-order valence-electron chi connectivity index (χ2n) is 7.99. The van der Waals surface area contributed by atoms with Crippen molar-refractivity contribution >= 4 is 22.9 Å². The van der Waals surface area contributed by atoms with Crippen LogP contribution >= 0.6 is 0 Å². The molecule has 3 heterocycles. The van der Waals surface area contributed by atoms with Crippen molar-refractivity contribution < 1.29 is 4.79 Å². The van der Waals surface area contributed by atoms with Gasteiger partial charge in [0, 0.05) is 44.5 Å². The van der Waals surface area contributed by atoms with Crippen molar-refractivity contribution in [3.8, 4) is 11.4 Å². The minimum atomic E-state index is -0.411. The van der Waals surface area contributed by atoms with Gasteiger partial charge in [-0.15, -0.1) is 0 Å². The fourth-order valence-corrected chi connectivity index (χ4v) is 4.22. The van der Waals surface area contributed by atoms with Gasteiger partial charge in [0.25, 0.3) is 0 Å². The Bertz CT molecular complexity index is 1350. The topological polar surface area (TPSA) is 76.3 Å². The molecule has 8 heteroatoms. The normalized spacial score (nSPS) is 14.2. The van der Waals surface area contributed by atoms with Crippen molar-refractivity contribution in [2.45, 2.75) is 6.92 Å². The van der Waals surface area contributed by atoms with Gasteiger partial charge in [0.1, 0.15) is 5.52 Å². The first kappa shape index (κ1) is 20.0. The van der Waals surface area contributed by atoms with Crippen molar-refractivity contribution in [2.75, 3.05) is 31.1 Å². The summed E-state index contributed by atoms with van der Waals surface area (Å²) in [6.07, 6.45) is 1.56. The predicted molar refractivity (Wildman–Crippen MR) is 124 cm³/mol. The summed E-state index contributed by atoms with van der Waals surface area (Å²) in [6.45, 7) is 4.60. The van der Waals surface area contributed by atoms with Crippen LogP contribution in [0, 0.1) is 6.92 Å². The van der Waals surface area contributed by atoms with E-state index in [1.54, 1.807) is 18.1 Å². The Balaban J connectivity index is 1.42. The molecule has 0 N–H and O–H groups in total. The van der Waals surface area contributed by atoms with Crippen LogP contribution in [0.4, 0.5) is 10.5 Å². The fourth-order valence-electron chi connectivity index (χ4n) is 4.22. The number of fused-ring (bicyclic) bond motifs is 1. The van der Waals surface area contributed by atoms with Gasteiger partial charge in [0.05, 0.1) is 6.20 Å². The zero-order valence-corrected chi connectivity index (χ0v) is 18.1. The summed E-state index contributed by atoms with van der Waals surface area (Å²) in [5.74, 6) is 0.519. The maximum absolute atomic E-state index is 13.3. The molecule has 1 amide bonds. The Labute approximate surface area is 185 Å². The van der Waals surface area contributed by atoms with Crippen LogP contribution in [0.1, 0.15) is 5.56 Å². The van der Waals surface area contributed by atoms with Crippen molar-refractivity contribution in [1.82, 2.24) is 24.0 Å². The molecule has 5 rings (SSSR count). The minimum absolute atomic E-state index is 0.332. The van der Waals surface area contributed by atoms with Gasteiger partial charge in [-0.2, -0.15) is 0 Å². The van der Waals surface area contributed by atoms with Crippen LogP contribution in [-0.2, 0) is 7.05 Å². The van der Waals surface area contributed by atoms with Crippen LogP contribution < -0.4 is 10.6 Å². The smallest absolute Gasteiger partial charge is 0.338 e. The summed E-state index contributed by atoms with van der Waals surface area (Å²) in [4.78, 5) is 39.3. The van der Waals surface area contributed by atoms with E-state index in [0.29, 0.717) is 43.2 Å². The number of piperazine rings is 1. The van der Waals surface area contributed by atoms with Gasteiger partial charge in [-0.3, -0.25) is 4.57 Å². The molecule has 0 bridgehead atoms. The second-order valence-corrected chi connectivity index (χ2v) is 7.99. The molecule has 2 aromatic heterocycles. The molecule has 0 aliphatic carbocycles. The minimum Gasteiger partial charge on any atom is -0.368 e. The van der Waals surface area contributed by atoms with E-state index in [-0.39, 0.29) is 6.03 Å². The number of hydrogen-bond donors (Lipinski definition) is 0.